The Labute approximate surface area is 84.4 Å². The summed E-state index contributed by atoms with van der Waals surface area (Å²) in [6, 6.07) is 9.84. The summed E-state index contributed by atoms with van der Waals surface area (Å²) >= 11 is 0. The van der Waals surface area contributed by atoms with Crippen molar-refractivity contribution in [3.8, 4) is 0 Å². The number of aliphatic hydroxyl groups is 1. The summed E-state index contributed by atoms with van der Waals surface area (Å²) in [5, 5.41) is 13.0. The zero-order valence-electron chi connectivity index (χ0n) is 7.31. The fourth-order valence-electron chi connectivity index (χ4n) is 1.46. The van der Waals surface area contributed by atoms with Crippen LogP contribution in [-0.2, 0) is 0 Å². The van der Waals surface area contributed by atoms with Crippen molar-refractivity contribution in [2.45, 2.75) is 6.10 Å². The SMILES string of the molecule is Cl.O[C@H](c1ccccc1)C1CNC1. The highest BCUT2D eigenvalue weighted by Crippen LogP contribution is 2.24. The van der Waals surface area contributed by atoms with Crippen molar-refractivity contribution in [2.75, 3.05) is 13.1 Å². The second kappa shape index (κ2) is 4.61. The topological polar surface area (TPSA) is 32.3 Å². The van der Waals surface area contributed by atoms with E-state index in [4.69, 9.17) is 0 Å². The van der Waals surface area contributed by atoms with E-state index in [9.17, 15) is 5.11 Å². The minimum absolute atomic E-state index is 0. The molecule has 1 aliphatic heterocycles. The Kier molecular flexibility index (Phi) is 3.72. The van der Waals surface area contributed by atoms with Crippen molar-refractivity contribution in [1.29, 1.82) is 0 Å². The predicted molar refractivity (Wildman–Crippen MR) is 55.0 cm³/mol. The molecule has 3 heteroatoms. The minimum atomic E-state index is -0.285. The first-order chi connectivity index (χ1) is 5.88. The van der Waals surface area contributed by atoms with E-state index >= 15 is 0 Å². The summed E-state index contributed by atoms with van der Waals surface area (Å²) in [5.41, 5.74) is 1.03. The van der Waals surface area contributed by atoms with Crippen molar-refractivity contribution in [1.82, 2.24) is 5.32 Å². The average Bonchev–Trinajstić information content (AvgIpc) is 2.03. The van der Waals surface area contributed by atoms with E-state index in [1.807, 2.05) is 30.3 Å². The predicted octanol–water partition coefficient (Wildman–Crippen LogP) is 1.36. The Hall–Kier alpha value is -0.570. The molecular formula is C10H14ClNO. The first-order valence-corrected chi connectivity index (χ1v) is 4.31. The second-order valence-electron chi connectivity index (χ2n) is 3.27. The van der Waals surface area contributed by atoms with Crippen LogP contribution in [0.25, 0.3) is 0 Å². The van der Waals surface area contributed by atoms with E-state index in [0.717, 1.165) is 18.7 Å². The molecule has 0 aliphatic carbocycles. The standard InChI is InChI=1S/C10H13NO.ClH/c12-10(9-6-11-7-9)8-4-2-1-3-5-8;/h1-5,9-12H,6-7H2;1H/t10-;/m1./s1. The van der Waals surface area contributed by atoms with Crippen LogP contribution in [0.4, 0.5) is 0 Å². The van der Waals surface area contributed by atoms with Gasteiger partial charge in [0, 0.05) is 19.0 Å². The van der Waals surface area contributed by atoms with Crippen molar-refractivity contribution < 1.29 is 5.11 Å². The molecule has 0 spiro atoms. The molecule has 13 heavy (non-hydrogen) atoms. The highest BCUT2D eigenvalue weighted by molar-refractivity contribution is 5.85. The number of hydrogen-bond donors (Lipinski definition) is 2. The number of halogens is 1. The highest BCUT2D eigenvalue weighted by atomic mass is 35.5. The molecule has 72 valence electrons. The van der Waals surface area contributed by atoms with Crippen LogP contribution >= 0.6 is 12.4 Å². The van der Waals surface area contributed by atoms with Crippen LogP contribution < -0.4 is 5.32 Å². The fourth-order valence-corrected chi connectivity index (χ4v) is 1.46. The molecular weight excluding hydrogens is 186 g/mol. The van der Waals surface area contributed by atoms with Crippen LogP contribution in [0.15, 0.2) is 30.3 Å². The van der Waals surface area contributed by atoms with Crippen LogP contribution in [0, 0.1) is 5.92 Å². The molecule has 2 N–H and O–H groups in total. The zero-order valence-corrected chi connectivity index (χ0v) is 8.13. The monoisotopic (exact) mass is 199 g/mol. The molecule has 2 rings (SSSR count). The van der Waals surface area contributed by atoms with Crippen LogP contribution in [0.2, 0.25) is 0 Å². The first kappa shape index (κ1) is 10.5. The maximum Gasteiger partial charge on any atom is 0.0842 e. The summed E-state index contributed by atoms with van der Waals surface area (Å²) in [4.78, 5) is 0. The maximum absolute atomic E-state index is 9.80. The van der Waals surface area contributed by atoms with Gasteiger partial charge >= 0.3 is 0 Å². The molecule has 0 saturated carbocycles. The summed E-state index contributed by atoms with van der Waals surface area (Å²) in [6.07, 6.45) is -0.285. The van der Waals surface area contributed by atoms with E-state index in [1.165, 1.54) is 0 Å². The minimum Gasteiger partial charge on any atom is -0.388 e. The lowest BCUT2D eigenvalue weighted by atomic mass is 9.91. The lowest BCUT2D eigenvalue weighted by molar-refractivity contribution is 0.0767. The normalized spacial score (nSPS) is 18.5. The van der Waals surface area contributed by atoms with Crippen molar-refractivity contribution in [2.24, 2.45) is 5.92 Å². The van der Waals surface area contributed by atoms with E-state index in [1.54, 1.807) is 0 Å². The summed E-state index contributed by atoms with van der Waals surface area (Å²) in [6.45, 7) is 1.88. The smallest absolute Gasteiger partial charge is 0.0842 e. The molecule has 0 bridgehead atoms. The van der Waals surface area contributed by atoms with Gasteiger partial charge in [-0.3, -0.25) is 0 Å². The lowest BCUT2D eigenvalue weighted by Gasteiger charge is -2.31. The lowest BCUT2D eigenvalue weighted by Crippen LogP contribution is -2.45. The molecule has 0 unspecified atom stereocenters. The molecule has 1 heterocycles. The van der Waals surface area contributed by atoms with Crippen LogP contribution in [0.3, 0.4) is 0 Å². The van der Waals surface area contributed by atoms with Gasteiger partial charge in [0.15, 0.2) is 0 Å². The van der Waals surface area contributed by atoms with E-state index < -0.39 is 0 Å². The Morgan fingerprint density at radius 3 is 2.31 bits per heavy atom. The van der Waals surface area contributed by atoms with Gasteiger partial charge in [0.25, 0.3) is 0 Å². The molecule has 1 fully saturated rings. The number of nitrogens with one attached hydrogen (secondary N) is 1. The molecule has 1 aliphatic rings. The van der Waals surface area contributed by atoms with Gasteiger partial charge in [-0.25, -0.2) is 0 Å². The second-order valence-corrected chi connectivity index (χ2v) is 3.27. The molecule has 0 radical (unpaired) electrons. The molecule has 1 atom stereocenters. The average molecular weight is 200 g/mol. The third-order valence-electron chi connectivity index (χ3n) is 2.40. The zero-order chi connectivity index (χ0) is 8.39. The number of aliphatic hydroxyl groups excluding tert-OH is 1. The Balaban J connectivity index is 0.000000845. The molecule has 0 amide bonds. The Bertz CT molecular complexity index is 248. The number of rotatable bonds is 2. The number of hydrogen-bond acceptors (Lipinski definition) is 2. The third kappa shape index (κ3) is 2.21. The van der Waals surface area contributed by atoms with Crippen molar-refractivity contribution >= 4 is 12.4 Å². The third-order valence-corrected chi connectivity index (χ3v) is 2.40. The van der Waals surface area contributed by atoms with Gasteiger partial charge in [-0.15, -0.1) is 12.4 Å². The van der Waals surface area contributed by atoms with Gasteiger partial charge in [0.1, 0.15) is 0 Å². The maximum atomic E-state index is 9.80. The molecule has 1 aromatic carbocycles. The van der Waals surface area contributed by atoms with Crippen molar-refractivity contribution in [3.63, 3.8) is 0 Å². The summed E-state index contributed by atoms with van der Waals surface area (Å²) in [5.74, 6) is 0.410. The molecule has 0 aromatic heterocycles. The molecule has 1 aromatic rings. The summed E-state index contributed by atoms with van der Waals surface area (Å²) < 4.78 is 0. The number of benzene rings is 1. The van der Waals surface area contributed by atoms with Crippen LogP contribution in [0.5, 0.6) is 0 Å². The Morgan fingerprint density at radius 1 is 1.23 bits per heavy atom. The van der Waals surface area contributed by atoms with Gasteiger partial charge in [-0.2, -0.15) is 0 Å². The van der Waals surface area contributed by atoms with E-state index in [2.05, 4.69) is 5.32 Å². The van der Waals surface area contributed by atoms with Gasteiger partial charge in [0.2, 0.25) is 0 Å². The largest absolute Gasteiger partial charge is 0.388 e. The van der Waals surface area contributed by atoms with Crippen molar-refractivity contribution in [3.05, 3.63) is 35.9 Å². The van der Waals surface area contributed by atoms with Gasteiger partial charge in [-0.05, 0) is 5.56 Å². The van der Waals surface area contributed by atoms with Crippen LogP contribution in [0.1, 0.15) is 11.7 Å². The molecule has 2 nitrogen and oxygen atoms in total. The van der Waals surface area contributed by atoms with E-state index in [0.29, 0.717) is 5.92 Å². The summed E-state index contributed by atoms with van der Waals surface area (Å²) in [7, 11) is 0. The first-order valence-electron chi connectivity index (χ1n) is 4.31. The fraction of sp³-hybridized carbons (Fsp3) is 0.400. The van der Waals surface area contributed by atoms with Crippen LogP contribution in [-0.4, -0.2) is 18.2 Å². The van der Waals surface area contributed by atoms with E-state index in [-0.39, 0.29) is 18.5 Å². The molecule has 1 saturated heterocycles. The quantitative estimate of drug-likeness (QED) is 0.754. The van der Waals surface area contributed by atoms with Gasteiger partial charge < -0.3 is 10.4 Å². The highest BCUT2D eigenvalue weighted by Gasteiger charge is 2.25. The van der Waals surface area contributed by atoms with Gasteiger partial charge in [-0.1, -0.05) is 30.3 Å². The Morgan fingerprint density at radius 2 is 1.85 bits per heavy atom. The van der Waals surface area contributed by atoms with Gasteiger partial charge in [0.05, 0.1) is 6.10 Å².